The van der Waals surface area contributed by atoms with Crippen molar-refractivity contribution >= 4 is 22.9 Å². The molecule has 0 saturated carbocycles. The van der Waals surface area contributed by atoms with Crippen LogP contribution >= 0.6 is 22.9 Å². The number of thiophene rings is 1. The third-order valence-corrected chi connectivity index (χ3v) is 4.16. The number of aliphatic hydroxyl groups excluding tert-OH is 1. The Morgan fingerprint density at radius 1 is 1.17 bits per heavy atom. The van der Waals surface area contributed by atoms with Crippen molar-refractivity contribution < 1.29 is 13.9 Å². The van der Waals surface area contributed by atoms with Gasteiger partial charge in [0.15, 0.2) is 0 Å². The normalized spacial score (nSPS) is 12.8. The fourth-order valence-corrected chi connectivity index (χ4v) is 3.01. The summed E-state index contributed by atoms with van der Waals surface area (Å²) >= 11 is 6.84. The number of aliphatic hydroxyl groups is 1. The molecule has 0 spiro atoms. The van der Waals surface area contributed by atoms with Crippen molar-refractivity contribution in [3.05, 3.63) is 55.7 Å². The summed E-state index contributed by atoms with van der Waals surface area (Å²) < 4.78 is 27.0. The molecule has 1 aromatic carbocycles. The average Bonchev–Trinajstić information content (AvgIpc) is 2.62. The van der Waals surface area contributed by atoms with Crippen LogP contribution in [0.25, 0.3) is 0 Å². The first kappa shape index (κ1) is 13.5. The second kappa shape index (κ2) is 4.96. The first-order chi connectivity index (χ1) is 8.40. The summed E-state index contributed by atoms with van der Waals surface area (Å²) in [7, 11) is 0. The summed E-state index contributed by atoms with van der Waals surface area (Å²) in [5.74, 6) is -1.45. The zero-order valence-electron chi connectivity index (χ0n) is 9.80. The highest BCUT2D eigenvalue weighted by Crippen LogP contribution is 2.34. The van der Waals surface area contributed by atoms with E-state index < -0.39 is 17.7 Å². The van der Waals surface area contributed by atoms with Crippen LogP contribution in [0.1, 0.15) is 27.0 Å². The van der Waals surface area contributed by atoms with Crippen molar-refractivity contribution in [3.63, 3.8) is 0 Å². The van der Waals surface area contributed by atoms with Gasteiger partial charge in [0.05, 0.1) is 5.02 Å². The molecule has 1 atom stereocenters. The van der Waals surface area contributed by atoms with E-state index >= 15 is 0 Å². The van der Waals surface area contributed by atoms with Crippen LogP contribution in [-0.2, 0) is 0 Å². The van der Waals surface area contributed by atoms with Crippen LogP contribution in [0.15, 0.2) is 18.2 Å². The lowest BCUT2D eigenvalue weighted by Crippen LogP contribution is -2.03. The molecule has 18 heavy (non-hydrogen) atoms. The van der Waals surface area contributed by atoms with Crippen molar-refractivity contribution in [2.75, 3.05) is 0 Å². The van der Waals surface area contributed by atoms with Crippen LogP contribution < -0.4 is 0 Å². The molecule has 96 valence electrons. The van der Waals surface area contributed by atoms with Crippen LogP contribution in [0, 0.1) is 25.5 Å². The van der Waals surface area contributed by atoms with Crippen LogP contribution in [0.2, 0.25) is 5.02 Å². The maximum atomic E-state index is 13.7. The highest BCUT2D eigenvalue weighted by molar-refractivity contribution is 7.12. The molecule has 0 aliphatic carbocycles. The van der Waals surface area contributed by atoms with Crippen LogP contribution in [0.5, 0.6) is 0 Å². The van der Waals surface area contributed by atoms with Gasteiger partial charge in [-0.25, -0.2) is 8.78 Å². The van der Waals surface area contributed by atoms with Crippen molar-refractivity contribution in [2.24, 2.45) is 0 Å². The molecule has 0 aliphatic rings. The molecule has 2 aromatic rings. The van der Waals surface area contributed by atoms with Gasteiger partial charge in [0.1, 0.15) is 17.7 Å². The maximum absolute atomic E-state index is 13.7. The van der Waals surface area contributed by atoms with Gasteiger partial charge in [0.2, 0.25) is 0 Å². The fraction of sp³-hybridized carbons (Fsp3) is 0.231. The van der Waals surface area contributed by atoms with Crippen molar-refractivity contribution in [2.45, 2.75) is 20.0 Å². The van der Waals surface area contributed by atoms with E-state index in [4.69, 9.17) is 11.6 Å². The molecule has 0 saturated heterocycles. The summed E-state index contributed by atoms with van der Waals surface area (Å²) in [5, 5.41) is 9.85. The predicted octanol–water partition coefficient (Wildman–Crippen LogP) is 4.38. The Morgan fingerprint density at radius 2 is 1.83 bits per heavy atom. The van der Waals surface area contributed by atoms with E-state index in [9.17, 15) is 13.9 Å². The van der Waals surface area contributed by atoms with E-state index in [1.165, 1.54) is 11.3 Å². The molecule has 0 fully saturated rings. The highest BCUT2D eigenvalue weighted by Gasteiger charge is 2.21. The van der Waals surface area contributed by atoms with E-state index in [1.807, 2.05) is 19.9 Å². The van der Waals surface area contributed by atoms with Gasteiger partial charge >= 0.3 is 0 Å². The minimum atomic E-state index is -1.17. The molecule has 1 aromatic heterocycles. The number of rotatable bonds is 2. The lowest BCUT2D eigenvalue weighted by Gasteiger charge is -2.12. The van der Waals surface area contributed by atoms with Crippen molar-refractivity contribution in [3.8, 4) is 0 Å². The number of benzene rings is 1. The third-order valence-electron chi connectivity index (χ3n) is 2.66. The largest absolute Gasteiger partial charge is 0.383 e. The zero-order valence-corrected chi connectivity index (χ0v) is 11.4. The van der Waals surface area contributed by atoms with Crippen LogP contribution in [-0.4, -0.2) is 5.11 Å². The lowest BCUT2D eigenvalue weighted by atomic mass is 10.0. The second-order valence-corrected chi connectivity index (χ2v) is 5.79. The van der Waals surface area contributed by atoms with Crippen molar-refractivity contribution in [1.82, 2.24) is 0 Å². The van der Waals surface area contributed by atoms with Gasteiger partial charge in [0, 0.05) is 15.3 Å². The molecule has 2 rings (SSSR count). The van der Waals surface area contributed by atoms with Gasteiger partial charge in [-0.2, -0.15) is 0 Å². The van der Waals surface area contributed by atoms with Gasteiger partial charge in [-0.1, -0.05) is 11.6 Å². The summed E-state index contributed by atoms with van der Waals surface area (Å²) in [6.45, 7) is 3.72. The van der Waals surface area contributed by atoms with Gasteiger partial charge in [0.25, 0.3) is 0 Å². The molecule has 1 heterocycles. The van der Waals surface area contributed by atoms with Crippen LogP contribution in [0.3, 0.4) is 0 Å². The number of halogens is 3. The fourth-order valence-electron chi connectivity index (χ4n) is 1.82. The van der Waals surface area contributed by atoms with Gasteiger partial charge in [-0.05, 0) is 37.6 Å². The number of hydrogen-bond donors (Lipinski definition) is 1. The Bertz CT molecular complexity index is 595. The third kappa shape index (κ3) is 2.41. The molecule has 1 N–H and O–H groups in total. The quantitative estimate of drug-likeness (QED) is 0.813. The van der Waals surface area contributed by atoms with Crippen molar-refractivity contribution in [1.29, 1.82) is 0 Å². The summed E-state index contributed by atoms with van der Waals surface area (Å²) in [5.41, 5.74) is 0.765. The molecule has 1 unspecified atom stereocenters. The summed E-state index contributed by atoms with van der Waals surface area (Å²) in [6.07, 6.45) is -1.17. The topological polar surface area (TPSA) is 20.2 Å². The van der Waals surface area contributed by atoms with E-state index in [-0.39, 0.29) is 10.6 Å². The zero-order chi connectivity index (χ0) is 13.4. The monoisotopic (exact) mass is 288 g/mol. The Labute approximate surface area is 113 Å². The molecule has 0 bridgehead atoms. The summed E-state index contributed by atoms with van der Waals surface area (Å²) in [6, 6.07) is 3.72. The minimum Gasteiger partial charge on any atom is -0.383 e. The Balaban J connectivity index is 2.49. The first-order valence-electron chi connectivity index (χ1n) is 5.29. The number of hydrogen-bond acceptors (Lipinski definition) is 2. The summed E-state index contributed by atoms with van der Waals surface area (Å²) in [4.78, 5) is 1.63. The predicted molar refractivity (Wildman–Crippen MR) is 69.2 cm³/mol. The Hall–Kier alpha value is -0.970. The minimum absolute atomic E-state index is 0.0955. The van der Waals surface area contributed by atoms with E-state index in [1.54, 1.807) is 0 Å². The molecule has 0 radical (unpaired) electrons. The SMILES string of the molecule is Cc1cc(C)c(C(O)c2cc(F)c(Cl)cc2F)s1. The maximum Gasteiger partial charge on any atom is 0.142 e. The van der Waals surface area contributed by atoms with Gasteiger partial charge in [-0.3, -0.25) is 0 Å². The van der Waals surface area contributed by atoms with E-state index in [0.29, 0.717) is 4.88 Å². The van der Waals surface area contributed by atoms with Crippen LogP contribution in [0.4, 0.5) is 8.78 Å². The van der Waals surface area contributed by atoms with E-state index in [0.717, 1.165) is 22.6 Å². The molecule has 0 aliphatic heterocycles. The molecule has 1 nitrogen and oxygen atoms in total. The molecular weight excluding hydrogens is 278 g/mol. The molecular formula is C13H11ClF2OS. The van der Waals surface area contributed by atoms with E-state index in [2.05, 4.69) is 0 Å². The van der Waals surface area contributed by atoms with Gasteiger partial charge < -0.3 is 5.11 Å². The Morgan fingerprint density at radius 3 is 2.39 bits per heavy atom. The molecule has 5 heteroatoms. The Kier molecular flexibility index (Phi) is 3.71. The smallest absolute Gasteiger partial charge is 0.142 e. The highest BCUT2D eigenvalue weighted by atomic mass is 35.5. The number of aryl methyl sites for hydroxylation is 2. The lowest BCUT2D eigenvalue weighted by molar-refractivity contribution is 0.217. The first-order valence-corrected chi connectivity index (χ1v) is 6.49. The average molecular weight is 289 g/mol. The second-order valence-electron chi connectivity index (χ2n) is 4.09. The molecule has 0 amide bonds. The van der Waals surface area contributed by atoms with Gasteiger partial charge in [-0.15, -0.1) is 11.3 Å². The standard InChI is InChI=1S/C13H11ClF2OS/c1-6-3-7(2)18-13(6)12(17)8-4-11(16)9(14)5-10(8)15/h3-5,12,17H,1-2H3.